The van der Waals surface area contributed by atoms with Gasteiger partial charge in [-0.15, -0.1) is 0 Å². The van der Waals surface area contributed by atoms with Crippen LogP contribution in [0.3, 0.4) is 0 Å². The quantitative estimate of drug-likeness (QED) is 0.252. The van der Waals surface area contributed by atoms with Crippen LogP contribution in [0.15, 0.2) is 0 Å². The summed E-state index contributed by atoms with van der Waals surface area (Å²) in [5.74, 6) is -1.71. The molecule has 0 bridgehead atoms. The zero-order chi connectivity index (χ0) is 26.7. The summed E-state index contributed by atoms with van der Waals surface area (Å²) < 4.78 is 16.1. The molecule has 34 heavy (non-hydrogen) atoms. The van der Waals surface area contributed by atoms with E-state index in [0.717, 1.165) is 19.3 Å². The number of carbonyl (C=O) groups excluding carboxylic acids is 4. The van der Waals surface area contributed by atoms with Gasteiger partial charge in [0, 0.05) is 6.42 Å². The number of amides is 2. The molecule has 0 saturated heterocycles. The number of carbonyl (C=O) groups is 4. The molecule has 198 valence electrons. The average Bonchev–Trinajstić information content (AvgIpc) is 2.60. The van der Waals surface area contributed by atoms with Gasteiger partial charge in [0.25, 0.3) is 0 Å². The summed E-state index contributed by atoms with van der Waals surface area (Å²) in [4.78, 5) is 50.2. The summed E-state index contributed by atoms with van der Waals surface area (Å²) >= 11 is 0. The molecule has 0 aromatic rings. The van der Waals surface area contributed by atoms with Gasteiger partial charge < -0.3 is 24.8 Å². The Kier molecular flexibility index (Phi) is 12.6. The summed E-state index contributed by atoms with van der Waals surface area (Å²) in [5, 5.41) is 5.18. The second-order valence-corrected chi connectivity index (χ2v) is 11.4. The number of urea groups is 1. The lowest BCUT2D eigenvalue weighted by Gasteiger charge is -2.27. The van der Waals surface area contributed by atoms with Crippen molar-refractivity contribution in [1.29, 1.82) is 0 Å². The van der Waals surface area contributed by atoms with Crippen LogP contribution in [0, 0.1) is 0 Å². The maximum absolute atomic E-state index is 12.8. The molecule has 0 saturated carbocycles. The third-order valence-electron chi connectivity index (χ3n) is 4.15. The lowest BCUT2D eigenvalue weighted by Crippen LogP contribution is -2.53. The molecule has 0 aromatic carbocycles. The van der Waals surface area contributed by atoms with E-state index in [4.69, 9.17) is 14.2 Å². The zero-order valence-electron chi connectivity index (χ0n) is 22.8. The molecule has 0 aliphatic heterocycles. The fourth-order valence-corrected chi connectivity index (χ4v) is 2.86. The first-order valence-electron chi connectivity index (χ1n) is 12.1. The molecule has 0 fully saturated rings. The Hall–Kier alpha value is -2.32. The molecule has 2 atom stereocenters. The number of unbranched alkanes of at least 4 members (excludes halogenated alkanes) is 2. The van der Waals surface area contributed by atoms with E-state index >= 15 is 0 Å². The van der Waals surface area contributed by atoms with Crippen molar-refractivity contribution in [2.75, 3.05) is 0 Å². The summed E-state index contributed by atoms with van der Waals surface area (Å²) in [7, 11) is 0. The molecule has 0 heterocycles. The molecule has 0 spiro atoms. The van der Waals surface area contributed by atoms with Crippen molar-refractivity contribution in [2.24, 2.45) is 0 Å². The molecule has 0 aliphatic rings. The van der Waals surface area contributed by atoms with E-state index in [-0.39, 0.29) is 12.8 Å². The Morgan fingerprint density at radius 3 is 1.44 bits per heavy atom. The number of nitrogens with one attached hydrogen (secondary N) is 2. The predicted octanol–water partition coefficient (Wildman–Crippen LogP) is 4.41. The van der Waals surface area contributed by atoms with Crippen LogP contribution < -0.4 is 10.6 Å². The molecule has 9 heteroatoms. The Morgan fingerprint density at radius 2 is 1.06 bits per heavy atom. The molecular formula is C25H46N2O7. The van der Waals surface area contributed by atoms with E-state index in [1.807, 2.05) is 6.92 Å². The first kappa shape index (κ1) is 31.7. The normalized spacial score (nSPS) is 13.9. The van der Waals surface area contributed by atoms with Gasteiger partial charge in [0.2, 0.25) is 0 Å². The lowest BCUT2D eigenvalue weighted by atomic mass is 10.1. The topological polar surface area (TPSA) is 120 Å². The first-order valence-corrected chi connectivity index (χ1v) is 12.1. The SMILES string of the molecule is CCCCC[C@H](NC(=O)N[C@@H](CCC(=O)OC(C)(C)C)C(=O)OC(C)(C)C)C(=O)OC(C)(C)C. The van der Waals surface area contributed by atoms with Crippen LogP contribution in [-0.4, -0.2) is 52.8 Å². The third kappa shape index (κ3) is 16.3. The molecule has 2 amide bonds. The van der Waals surface area contributed by atoms with Gasteiger partial charge in [-0.1, -0.05) is 26.2 Å². The number of hydrogen-bond donors (Lipinski definition) is 2. The smallest absolute Gasteiger partial charge is 0.329 e. The fourth-order valence-electron chi connectivity index (χ4n) is 2.86. The summed E-state index contributed by atoms with van der Waals surface area (Å²) in [6.45, 7) is 17.7. The molecule has 0 rings (SSSR count). The molecule has 0 aliphatic carbocycles. The van der Waals surface area contributed by atoms with Crippen LogP contribution in [0.1, 0.15) is 108 Å². The second-order valence-electron chi connectivity index (χ2n) is 11.4. The third-order valence-corrected chi connectivity index (χ3v) is 4.15. The van der Waals surface area contributed by atoms with E-state index in [9.17, 15) is 19.2 Å². The highest BCUT2D eigenvalue weighted by atomic mass is 16.6. The molecule has 0 aromatic heterocycles. The average molecular weight is 487 g/mol. The van der Waals surface area contributed by atoms with E-state index in [0.29, 0.717) is 6.42 Å². The number of rotatable bonds is 11. The van der Waals surface area contributed by atoms with Crippen molar-refractivity contribution < 1.29 is 33.4 Å². The minimum Gasteiger partial charge on any atom is -0.460 e. The van der Waals surface area contributed by atoms with Crippen LogP contribution in [-0.2, 0) is 28.6 Å². The van der Waals surface area contributed by atoms with Gasteiger partial charge >= 0.3 is 23.9 Å². The van der Waals surface area contributed by atoms with E-state index < -0.39 is 52.8 Å². The maximum Gasteiger partial charge on any atom is 0.329 e. The molecule has 2 N–H and O–H groups in total. The molecular weight excluding hydrogens is 440 g/mol. The summed E-state index contributed by atoms with van der Waals surface area (Å²) in [6.07, 6.45) is 2.90. The van der Waals surface area contributed by atoms with Crippen molar-refractivity contribution >= 4 is 23.9 Å². The highest BCUT2D eigenvalue weighted by Crippen LogP contribution is 2.15. The van der Waals surface area contributed by atoms with Gasteiger partial charge in [-0.3, -0.25) is 4.79 Å². The zero-order valence-corrected chi connectivity index (χ0v) is 22.8. The van der Waals surface area contributed by atoms with E-state index in [1.54, 1.807) is 62.3 Å². The first-order chi connectivity index (χ1) is 15.3. The second kappa shape index (κ2) is 13.5. The van der Waals surface area contributed by atoms with Gasteiger partial charge in [0.05, 0.1) is 0 Å². The number of esters is 3. The van der Waals surface area contributed by atoms with E-state index in [2.05, 4.69) is 10.6 Å². The molecule has 9 nitrogen and oxygen atoms in total. The van der Waals surface area contributed by atoms with Crippen LogP contribution in [0.25, 0.3) is 0 Å². The monoisotopic (exact) mass is 486 g/mol. The van der Waals surface area contributed by atoms with E-state index in [1.165, 1.54) is 0 Å². The van der Waals surface area contributed by atoms with Crippen molar-refractivity contribution in [3.8, 4) is 0 Å². The van der Waals surface area contributed by atoms with Crippen molar-refractivity contribution in [3.63, 3.8) is 0 Å². The van der Waals surface area contributed by atoms with Gasteiger partial charge in [-0.05, 0) is 75.2 Å². The Labute approximate surface area is 205 Å². The fraction of sp³-hybridized carbons (Fsp3) is 0.840. The molecule has 0 radical (unpaired) electrons. The van der Waals surface area contributed by atoms with Crippen LogP contribution >= 0.6 is 0 Å². The van der Waals surface area contributed by atoms with Crippen LogP contribution in [0.2, 0.25) is 0 Å². The highest BCUT2D eigenvalue weighted by Gasteiger charge is 2.31. The summed E-state index contributed by atoms with van der Waals surface area (Å²) in [6, 6.07) is -2.68. The predicted molar refractivity (Wildman–Crippen MR) is 130 cm³/mol. The van der Waals surface area contributed by atoms with Crippen molar-refractivity contribution in [2.45, 2.75) is 137 Å². The van der Waals surface area contributed by atoms with Crippen LogP contribution in [0.5, 0.6) is 0 Å². The van der Waals surface area contributed by atoms with Gasteiger partial charge in [-0.25, -0.2) is 14.4 Å². The molecule has 0 unspecified atom stereocenters. The van der Waals surface area contributed by atoms with Crippen LogP contribution in [0.4, 0.5) is 4.79 Å². The highest BCUT2D eigenvalue weighted by molar-refractivity contribution is 5.87. The maximum atomic E-state index is 12.8. The minimum absolute atomic E-state index is 0.00974. The number of ether oxygens (including phenoxy) is 3. The summed E-state index contributed by atoms with van der Waals surface area (Å²) in [5.41, 5.74) is -2.15. The van der Waals surface area contributed by atoms with Gasteiger partial charge in [0.1, 0.15) is 28.9 Å². The van der Waals surface area contributed by atoms with Crippen molar-refractivity contribution in [3.05, 3.63) is 0 Å². The van der Waals surface area contributed by atoms with Gasteiger partial charge in [0.15, 0.2) is 0 Å². The largest absolute Gasteiger partial charge is 0.460 e. The Balaban J connectivity index is 5.37. The van der Waals surface area contributed by atoms with Crippen molar-refractivity contribution in [1.82, 2.24) is 10.6 Å². The number of hydrogen-bond acceptors (Lipinski definition) is 7. The Bertz CT molecular complexity index is 685. The standard InChI is InChI=1S/C25H46N2O7/c1-11-12-13-14-17(20(29)33-24(5,6)7)26-22(31)27-18(21(30)34-25(8,9)10)15-16-19(28)32-23(2,3)4/h17-18H,11-16H2,1-10H3,(H2,26,27,31)/t17-,18-/m0/s1. The minimum atomic E-state index is -1.10. The lowest BCUT2D eigenvalue weighted by molar-refractivity contribution is -0.159. The Morgan fingerprint density at radius 1 is 0.647 bits per heavy atom. The van der Waals surface area contributed by atoms with Gasteiger partial charge in [-0.2, -0.15) is 0 Å².